The molecule has 2 aromatic heterocycles. The molecule has 0 saturated carbocycles. The first kappa shape index (κ1) is 19.1. The molecular formula is C20H22ClN5O. The third kappa shape index (κ3) is 3.86. The topological polar surface area (TPSA) is 63.1 Å². The first-order valence-electron chi connectivity index (χ1n) is 8.77. The summed E-state index contributed by atoms with van der Waals surface area (Å²) in [6, 6.07) is 13.5. The summed E-state index contributed by atoms with van der Waals surface area (Å²) in [6.45, 7) is 4.22. The van der Waals surface area contributed by atoms with Gasteiger partial charge in [0.1, 0.15) is 0 Å². The third-order valence-electron chi connectivity index (χ3n) is 4.76. The second-order valence-electron chi connectivity index (χ2n) is 6.44. The number of carbonyl (C=O) groups excluding carboxylic acids is 1. The first-order chi connectivity index (χ1) is 12.7. The summed E-state index contributed by atoms with van der Waals surface area (Å²) < 4.78 is 1.86. The van der Waals surface area contributed by atoms with Crippen molar-refractivity contribution in [3.05, 3.63) is 77.9 Å². The highest BCUT2D eigenvalue weighted by Crippen LogP contribution is 2.24. The van der Waals surface area contributed by atoms with Gasteiger partial charge in [-0.15, -0.1) is 12.4 Å². The third-order valence-corrected chi connectivity index (χ3v) is 4.76. The van der Waals surface area contributed by atoms with Crippen molar-refractivity contribution < 1.29 is 4.79 Å². The van der Waals surface area contributed by atoms with Crippen LogP contribution in [0, 0.1) is 6.92 Å². The zero-order chi connectivity index (χ0) is 17.9. The Hall–Kier alpha value is -2.70. The molecule has 3 heterocycles. The summed E-state index contributed by atoms with van der Waals surface area (Å²) in [6.07, 6.45) is 5.36. The molecule has 0 bridgehead atoms. The lowest BCUT2D eigenvalue weighted by Crippen LogP contribution is -2.48. The SMILES string of the molecule is Cc1ccnn1-c1ccc(C(=O)N2CCNCC2c2cccnc2)cc1.Cl. The zero-order valence-corrected chi connectivity index (χ0v) is 15.9. The van der Waals surface area contributed by atoms with Crippen LogP contribution in [0.3, 0.4) is 0 Å². The fourth-order valence-corrected chi connectivity index (χ4v) is 3.37. The molecule has 0 aliphatic carbocycles. The number of nitrogens with zero attached hydrogens (tertiary/aromatic N) is 4. The van der Waals surface area contributed by atoms with E-state index in [2.05, 4.69) is 15.4 Å². The Labute approximate surface area is 164 Å². The van der Waals surface area contributed by atoms with E-state index in [1.165, 1.54) is 0 Å². The normalized spacial score (nSPS) is 16.6. The van der Waals surface area contributed by atoms with Gasteiger partial charge in [0.15, 0.2) is 0 Å². The van der Waals surface area contributed by atoms with Gasteiger partial charge in [-0.3, -0.25) is 9.78 Å². The van der Waals surface area contributed by atoms with E-state index in [1.54, 1.807) is 12.4 Å². The van der Waals surface area contributed by atoms with Crippen LogP contribution >= 0.6 is 12.4 Å². The Balaban J connectivity index is 0.00000210. The summed E-state index contributed by atoms with van der Waals surface area (Å²) in [7, 11) is 0. The maximum atomic E-state index is 13.1. The summed E-state index contributed by atoms with van der Waals surface area (Å²) in [5.41, 5.74) is 3.75. The molecule has 1 N–H and O–H groups in total. The monoisotopic (exact) mass is 383 g/mol. The standard InChI is InChI=1S/C20H21N5O.ClH/c1-15-8-10-23-25(15)18-6-4-16(5-7-18)20(26)24-12-11-22-14-19(24)17-3-2-9-21-13-17;/h2-10,13,19,22H,11-12,14H2,1H3;1H. The van der Waals surface area contributed by atoms with Gasteiger partial charge in [-0.1, -0.05) is 6.07 Å². The number of benzene rings is 1. The van der Waals surface area contributed by atoms with Crippen molar-refractivity contribution in [1.82, 2.24) is 25.0 Å². The van der Waals surface area contributed by atoms with Crippen LogP contribution < -0.4 is 5.32 Å². The van der Waals surface area contributed by atoms with Gasteiger partial charge in [-0.2, -0.15) is 5.10 Å². The number of amides is 1. The quantitative estimate of drug-likeness (QED) is 0.755. The van der Waals surface area contributed by atoms with Crippen LogP contribution in [0.25, 0.3) is 5.69 Å². The van der Waals surface area contributed by atoms with E-state index in [0.717, 1.165) is 30.0 Å². The van der Waals surface area contributed by atoms with Crippen molar-refractivity contribution in [1.29, 1.82) is 0 Å². The van der Waals surface area contributed by atoms with E-state index < -0.39 is 0 Å². The van der Waals surface area contributed by atoms with Gasteiger partial charge in [-0.05, 0) is 48.9 Å². The Kier molecular flexibility index (Phi) is 5.88. The molecular weight excluding hydrogens is 362 g/mol. The lowest BCUT2D eigenvalue weighted by atomic mass is 10.0. The minimum atomic E-state index is -0.00186. The molecule has 1 fully saturated rings. The number of hydrogen-bond donors (Lipinski definition) is 1. The molecule has 7 heteroatoms. The Bertz CT molecular complexity index is 894. The van der Waals surface area contributed by atoms with E-state index in [4.69, 9.17) is 0 Å². The molecule has 1 atom stereocenters. The molecule has 0 spiro atoms. The van der Waals surface area contributed by atoms with Crippen molar-refractivity contribution >= 4 is 18.3 Å². The fourth-order valence-electron chi connectivity index (χ4n) is 3.37. The van der Waals surface area contributed by atoms with Gasteiger partial charge in [0, 0.05) is 49.5 Å². The fraction of sp³-hybridized carbons (Fsp3) is 0.250. The average molecular weight is 384 g/mol. The number of aryl methyl sites for hydroxylation is 1. The van der Waals surface area contributed by atoms with Gasteiger partial charge in [0.2, 0.25) is 0 Å². The number of hydrogen-bond acceptors (Lipinski definition) is 4. The molecule has 1 aromatic carbocycles. The predicted octanol–water partition coefficient (Wildman–Crippen LogP) is 2.78. The maximum Gasteiger partial charge on any atom is 0.254 e. The minimum Gasteiger partial charge on any atom is -0.329 e. The van der Waals surface area contributed by atoms with Crippen LogP contribution in [0.2, 0.25) is 0 Å². The lowest BCUT2D eigenvalue weighted by molar-refractivity contribution is 0.0634. The number of carbonyl (C=O) groups is 1. The van der Waals surface area contributed by atoms with Crippen molar-refractivity contribution in [2.24, 2.45) is 0 Å². The van der Waals surface area contributed by atoms with E-state index in [9.17, 15) is 4.79 Å². The van der Waals surface area contributed by atoms with Gasteiger partial charge >= 0.3 is 0 Å². The number of rotatable bonds is 3. The van der Waals surface area contributed by atoms with Crippen LogP contribution in [0.4, 0.5) is 0 Å². The van der Waals surface area contributed by atoms with Crippen LogP contribution in [0.1, 0.15) is 27.7 Å². The molecule has 1 saturated heterocycles. The number of piperazine rings is 1. The molecule has 1 amide bonds. The second kappa shape index (κ2) is 8.33. The maximum absolute atomic E-state index is 13.1. The summed E-state index contributed by atoms with van der Waals surface area (Å²) >= 11 is 0. The van der Waals surface area contributed by atoms with E-state index in [1.807, 2.05) is 65.2 Å². The van der Waals surface area contributed by atoms with E-state index in [0.29, 0.717) is 12.1 Å². The Morgan fingerprint density at radius 3 is 2.63 bits per heavy atom. The average Bonchev–Trinajstić information content (AvgIpc) is 3.14. The summed E-state index contributed by atoms with van der Waals surface area (Å²) in [5, 5.41) is 7.68. The largest absolute Gasteiger partial charge is 0.329 e. The Morgan fingerprint density at radius 2 is 1.96 bits per heavy atom. The number of pyridine rings is 1. The highest BCUT2D eigenvalue weighted by molar-refractivity contribution is 5.94. The number of nitrogens with one attached hydrogen (secondary N) is 1. The zero-order valence-electron chi connectivity index (χ0n) is 15.1. The van der Waals surface area contributed by atoms with Crippen molar-refractivity contribution in [2.45, 2.75) is 13.0 Å². The summed E-state index contributed by atoms with van der Waals surface area (Å²) in [5.74, 6) is 0.0455. The molecule has 1 unspecified atom stereocenters. The van der Waals surface area contributed by atoms with Gasteiger partial charge in [0.25, 0.3) is 5.91 Å². The predicted molar refractivity (Wildman–Crippen MR) is 106 cm³/mol. The molecule has 4 rings (SSSR count). The van der Waals surface area contributed by atoms with Crippen molar-refractivity contribution in [3.8, 4) is 5.69 Å². The molecule has 6 nitrogen and oxygen atoms in total. The van der Waals surface area contributed by atoms with Crippen molar-refractivity contribution in [3.63, 3.8) is 0 Å². The molecule has 1 aliphatic rings. The smallest absolute Gasteiger partial charge is 0.254 e. The Morgan fingerprint density at radius 1 is 1.15 bits per heavy atom. The highest BCUT2D eigenvalue weighted by atomic mass is 35.5. The number of halogens is 1. The van der Waals surface area contributed by atoms with Crippen LogP contribution in [0.5, 0.6) is 0 Å². The molecule has 140 valence electrons. The lowest BCUT2D eigenvalue weighted by Gasteiger charge is -2.36. The molecule has 27 heavy (non-hydrogen) atoms. The minimum absolute atomic E-state index is 0. The number of aromatic nitrogens is 3. The molecule has 1 aliphatic heterocycles. The van der Waals surface area contributed by atoms with Crippen LogP contribution in [-0.2, 0) is 0 Å². The van der Waals surface area contributed by atoms with Crippen LogP contribution in [-0.4, -0.2) is 45.2 Å². The summed E-state index contributed by atoms with van der Waals surface area (Å²) in [4.78, 5) is 19.2. The molecule has 3 aromatic rings. The second-order valence-corrected chi connectivity index (χ2v) is 6.44. The molecule has 0 radical (unpaired) electrons. The first-order valence-corrected chi connectivity index (χ1v) is 8.77. The van der Waals surface area contributed by atoms with E-state index in [-0.39, 0.29) is 24.4 Å². The highest BCUT2D eigenvalue weighted by Gasteiger charge is 2.28. The van der Waals surface area contributed by atoms with Gasteiger partial charge < -0.3 is 10.2 Å². The van der Waals surface area contributed by atoms with Crippen LogP contribution in [0.15, 0.2) is 61.1 Å². The van der Waals surface area contributed by atoms with E-state index >= 15 is 0 Å². The van der Waals surface area contributed by atoms with Crippen molar-refractivity contribution in [2.75, 3.05) is 19.6 Å². The van der Waals surface area contributed by atoms with Gasteiger partial charge in [0.05, 0.1) is 11.7 Å². The van der Waals surface area contributed by atoms with Gasteiger partial charge in [-0.25, -0.2) is 4.68 Å².